The number of aliphatic hydroxyl groups excluding tert-OH is 2. The minimum atomic E-state index is -0.819. The molecule has 11 atom stereocenters. The number of phenols is 1. The fourth-order valence-electron chi connectivity index (χ4n) is 9.97. The summed E-state index contributed by atoms with van der Waals surface area (Å²) in [4.78, 5) is 37.7. The third kappa shape index (κ3) is 5.49. The number of ketones is 1. The van der Waals surface area contributed by atoms with Crippen molar-refractivity contribution in [1.82, 2.24) is 5.32 Å². The van der Waals surface area contributed by atoms with Gasteiger partial charge in [0.05, 0.1) is 19.3 Å². The molecule has 0 aliphatic heterocycles. The van der Waals surface area contributed by atoms with E-state index in [0.29, 0.717) is 37.9 Å². The molecule has 42 heavy (non-hydrogen) atoms. The Labute approximate surface area is 249 Å². The highest BCUT2D eigenvalue weighted by atomic mass is 16.5. The number of fused-ring (bicyclic) bond motifs is 5. The number of nitrogens with one attached hydrogen (secondary N) is 1. The van der Waals surface area contributed by atoms with Crippen molar-refractivity contribution in [2.45, 2.75) is 103 Å². The largest absolute Gasteiger partial charge is 0.508 e. The van der Waals surface area contributed by atoms with E-state index in [4.69, 9.17) is 4.74 Å². The Bertz CT molecular complexity index is 1170. The lowest BCUT2D eigenvalue weighted by molar-refractivity contribution is -0.201. The molecule has 8 heteroatoms. The number of aromatic hydroxyl groups is 1. The SMILES string of the molecule is COC(=O)[C@H](Cc1ccc(O)cc1)NC(=O)CC[C@@H](C)[C@H]1CC[C@H]2[C@@H]3[C@H](O)C[C@@H]4CC(=O)CC[C@]4(C)[C@H]3C[C@H](O)[C@]12C. The van der Waals surface area contributed by atoms with Crippen molar-refractivity contribution in [3.05, 3.63) is 29.8 Å². The molecule has 0 radical (unpaired) electrons. The molecule has 5 rings (SSSR count). The average Bonchev–Trinajstić information content (AvgIpc) is 3.32. The second-order valence-corrected chi connectivity index (χ2v) is 14.4. The van der Waals surface area contributed by atoms with Crippen molar-refractivity contribution >= 4 is 17.7 Å². The number of phenolic OH excluding ortho intramolecular Hbond substituents is 1. The molecule has 4 saturated carbocycles. The maximum atomic E-state index is 13.0. The minimum absolute atomic E-state index is 0.0157. The summed E-state index contributed by atoms with van der Waals surface area (Å²) in [6.45, 7) is 6.68. The Hall–Kier alpha value is -2.45. The zero-order valence-corrected chi connectivity index (χ0v) is 25.6. The summed E-state index contributed by atoms with van der Waals surface area (Å²) in [5.41, 5.74) is 0.452. The zero-order chi connectivity index (χ0) is 30.4. The van der Waals surface area contributed by atoms with Crippen molar-refractivity contribution in [1.29, 1.82) is 0 Å². The quantitative estimate of drug-likeness (QED) is 0.338. The van der Waals surface area contributed by atoms with Crippen LogP contribution in [0.1, 0.15) is 84.1 Å². The Morgan fingerprint density at radius 2 is 1.81 bits per heavy atom. The van der Waals surface area contributed by atoms with Gasteiger partial charge in [0.2, 0.25) is 5.91 Å². The number of Topliss-reactive ketones (excluding diaryl/α,β-unsaturated/α-hetero) is 1. The molecular weight excluding hydrogens is 534 g/mol. The second-order valence-electron chi connectivity index (χ2n) is 14.4. The summed E-state index contributed by atoms with van der Waals surface area (Å²) < 4.78 is 4.93. The van der Waals surface area contributed by atoms with Crippen LogP contribution in [-0.4, -0.2) is 58.3 Å². The highest BCUT2D eigenvalue weighted by Gasteiger charge is 2.65. The smallest absolute Gasteiger partial charge is 0.328 e. The third-order valence-electron chi connectivity index (χ3n) is 12.4. The monoisotopic (exact) mass is 583 g/mol. The molecule has 0 heterocycles. The number of ether oxygens (including phenoxy) is 1. The topological polar surface area (TPSA) is 133 Å². The molecule has 4 fully saturated rings. The Kier molecular flexibility index (Phi) is 8.79. The van der Waals surface area contributed by atoms with E-state index < -0.39 is 24.2 Å². The molecule has 8 nitrogen and oxygen atoms in total. The predicted molar refractivity (Wildman–Crippen MR) is 157 cm³/mol. The molecule has 1 aromatic rings. The number of hydrogen-bond acceptors (Lipinski definition) is 7. The number of carbonyl (C=O) groups excluding carboxylic acids is 3. The van der Waals surface area contributed by atoms with Crippen LogP contribution in [0.5, 0.6) is 5.75 Å². The number of methoxy groups -OCH3 is 1. The van der Waals surface area contributed by atoms with Crippen LogP contribution < -0.4 is 5.32 Å². The lowest BCUT2D eigenvalue weighted by Crippen LogP contribution is -2.62. The standard InChI is InChI=1S/C34H49NO7/c1-19(5-12-30(40)35-27(32(41)42-4)15-20-6-8-22(36)9-7-20)24-10-11-25-31-26(18-29(39)34(24,25)3)33(2)14-13-23(37)16-21(33)17-28(31)38/h6-9,19,21,24-29,31,36,38-39H,5,10-18H2,1-4H3,(H,35,40)/t19-,21+,24-,25+,26+,27+,28-,29+,31+,33+,34-/m1/s1. The van der Waals surface area contributed by atoms with Crippen LogP contribution in [0.4, 0.5) is 0 Å². The van der Waals surface area contributed by atoms with E-state index >= 15 is 0 Å². The number of carbonyl (C=O) groups is 3. The molecule has 0 unspecified atom stereocenters. The lowest BCUT2D eigenvalue weighted by Gasteiger charge is -2.63. The maximum Gasteiger partial charge on any atom is 0.328 e. The summed E-state index contributed by atoms with van der Waals surface area (Å²) in [5.74, 6) is 0.887. The average molecular weight is 584 g/mol. The van der Waals surface area contributed by atoms with Crippen LogP contribution in [0.25, 0.3) is 0 Å². The van der Waals surface area contributed by atoms with Gasteiger partial charge in [-0.15, -0.1) is 0 Å². The van der Waals surface area contributed by atoms with E-state index in [2.05, 4.69) is 26.1 Å². The second kappa shape index (κ2) is 11.9. The highest BCUT2D eigenvalue weighted by molar-refractivity contribution is 5.84. The lowest BCUT2D eigenvalue weighted by atomic mass is 9.43. The van der Waals surface area contributed by atoms with Crippen LogP contribution in [-0.2, 0) is 25.5 Å². The van der Waals surface area contributed by atoms with E-state index in [1.807, 2.05) is 0 Å². The van der Waals surface area contributed by atoms with E-state index in [1.165, 1.54) is 7.11 Å². The predicted octanol–water partition coefficient (Wildman–Crippen LogP) is 4.18. The molecule has 4 N–H and O–H groups in total. The molecule has 4 aliphatic carbocycles. The third-order valence-corrected chi connectivity index (χ3v) is 12.4. The van der Waals surface area contributed by atoms with Crippen LogP contribution in [0, 0.1) is 46.3 Å². The molecule has 232 valence electrons. The summed E-state index contributed by atoms with van der Waals surface area (Å²) in [5, 5.41) is 35.6. The normalized spacial score (nSPS) is 38.9. The molecule has 0 saturated heterocycles. The van der Waals surface area contributed by atoms with Crippen LogP contribution >= 0.6 is 0 Å². The fraction of sp³-hybridized carbons (Fsp3) is 0.735. The van der Waals surface area contributed by atoms with Crippen molar-refractivity contribution in [3.63, 3.8) is 0 Å². The van der Waals surface area contributed by atoms with Crippen molar-refractivity contribution in [2.24, 2.45) is 46.3 Å². The van der Waals surface area contributed by atoms with Gasteiger partial charge in [-0.1, -0.05) is 32.9 Å². The molecule has 4 aliphatic rings. The molecule has 0 aromatic heterocycles. The van der Waals surface area contributed by atoms with Crippen LogP contribution in [0.2, 0.25) is 0 Å². The highest BCUT2D eigenvalue weighted by Crippen LogP contribution is 2.68. The number of aliphatic hydroxyl groups is 2. The Morgan fingerprint density at radius 3 is 2.50 bits per heavy atom. The molecule has 1 amide bonds. The van der Waals surface area contributed by atoms with Gasteiger partial charge in [0.1, 0.15) is 17.6 Å². The van der Waals surface area contributed by atoms with Gasteiger partial charge >= 0.3 is 5.97 Å². The molecule has 0 spiro atoms. The fourth-order valence-corrected chi connectivity index (χ4v) is 9.97. The Morgan fingerprint density at radius 1 is 1.10 bits per heavy atom. The van der Waals surface area contributed by atoms with E-state index in [9.17, 15) is 29.7 Å². The molecular formula is C34H49NO7. The van der Waals surface area contributed by atoms with Gasteiger partial charge in [-0.2, -0.15) is 0 Å². The summed E-state index contributed by atoms with van der Waals surface area (Å²) in [7, 11) is 1.30. The first kappa shape index (κ1) is 31.0. The van der Waals surface area contributed by atoms with E-state index in [-0.39, 0.29) is 70.8 Å². The number of amides is 1. The van der Waals surface area contributed by atoms with Gasteiger partial charge in [0.15, 0.2) is 0 Å². The Balaban J connectivity index is 1.23. The molecule has 0 bridgehead atoms. The van der Waals surface area contributed by atoms with Gasteiger partial charge in [0, 0.05) is 25.7 Å². The van der Waals surface area contributed by atoms with Gasteiger partial charge in [-0.25, -0.2) is 4.79 Å². The van der Waals surface area contributed by atoms with Gasteiger partial charge in [-0.05, 0) is 103 Å². The number of benzene rings is 1. The van der Waals surface area contributed by atoms with Gasteiger partial charge in [-0.3, -0.25) is 9.59 Å². The first-order valence-corrected chi connectivity index (χ1v) is 15.9. The molecule has 1 aromatic carbocycles. The van der Waals surface area contributed by atoms with Crippen molar-refractivity contribution in [3.8, 4) is 5.75 Å². The first-order chi connectivity index (χ1) is 19.9. The van der Waals surface area contributed by atoms with E-state index in [1.54, 1.807) is 24.3 Å². The van der Waals surface area contributed by atoms with Gasteiger partial charge < -0.3 is 25.4 Å². The zero-order valence-electron chi connectivity index (χ0n) is 25.6. The maximum absolute atomic E-state index is 13.0. The first-order valence-electron chi connectivity index (χ1n) is 15.9. The summed E-state index contributed by atoms with van der Waals surface area (Å²) in [6, 6.07) is 5.71. The minimum Gasteiger partial charge on any atom is -0.508 e. The van der Waals surface area contributed by atoms with Gasteiger partial charge in [0.25, 0.3) is 0 Å². The van der Waals surface area contributed by atoms with Crippen LogP contribution in [0.3, 0.4) is 0 Å². The van der Waals surface area contributed by atoms with Crippen LogP contribution in [0.15, 0.2) is 24.3 Å². The number of esters is 1. The number of rotatable bonds is 8. The van der Waals surface area contributed by atoms with Crippen molar-refractivity contribution in [2.75, 3.05) is 7.11 Å². The number of hydrogen-bond donors (Lipinski definition) is 4. The summed E-state index contributed by atoms with van der Waals surface area (Å²) >= 11 is 0. The summed E-state index contributed by atoms with van der Waals surface area (Å²) in [6.07, 6.45) is 5.52. The van der Waals surface area contributed by atoms with E-state index in [0.717, 1.165) is 24.8 Å². The van der Waals surface area contributed by atoms with Crippen molar-refractivity contribution < 1.29 is 34.4 Å².